The van der Waals surface area contributed by atoms with Crippen LogP contribution in [0.4, 0.5) is 4.39 Å². The second-order valence-electron chi connectivity index (χ2n) is 3.04. The SMILES string of the molecule is N#CC(NC(=O)C(F)Cl)C1CCOC1. The summed E-state index contributed by atoms with van der Waals surface area (Å²) in [5.74, 6) is -1.04. The van der Waals surface area contributed by atoms with Gasteiger partial charge in [0.15, 0.2) is 0 Å². The van der Waals surface area contributed by atoms with Gasteiger partial charge in [-0.15, -0.1) is 0 Å². The highest BCUT2D eigenvalue weighted by Gasteiger charge is 2.28. The van der Waals surface area contributed by atoms with E-state index in [1.807, 2.05) is 6.07 Å². The number of halogens is 2. The van der Waals surface area contributed by atoms with Gasteiger partial charge < -0.3 is 10.1 Å². The Morgan fingerprint density at radius 1 is 1.79 bits per heavy atom. The van der Waals surface area contributed by atoms with Crippen molar-refractivity contribution in [3.05, 3.63) is 0 Å². The van der Waals surface area contributed by atoms with Crippen molar-refractivity contribution in [2.45, 2.75) is 18.1 Å². The molecule has 0 aliphatic carbocycles. The molecule has 1 aliphatic heterocycles. The summed E-state index contributed by atoms with van der Waals surface area (Å²) in [5, 5.41) is 11.0. The Bertz CT molecular complexity index is 248. The van der Waals surface area contributed by atoms with Crippen molar-refractivity contribution >= 4 is 17.5 Å². The van der Waals surface area contributed by atoms with Crippen molar-refractivity contribution in [3.63, 3.8) is 0 Å². The van der Waals surface area contributed by atoms with Gasteiger partial charge in [-0.2, -0.15) is 5.26 Å². The predicted octanol–water partition coefficient (Wildman–Crippen LogP) is 0.566. The molecule has 0 spiro atoms. The summed E-state index contributed by atoms with van der Waals surface area (Å²) < 4.78 is 17.3. The van der Waals surface area contributed by atoms with E-state index in [1.54, 1.807) is 0 Å². The van der Waals surface area contributed by atoms with Crippen molar-refractivity contribution in [2.75, 3.05) is 13.2 Å². The van der Waals surface area contributed by atoms with E-state index in [0.717, 1.165) is 0 Å². The fourth-order valence-corrected chi connectivity index (χ4v) is 1.35. The maximum atomic E-state index is 12.3. The molecular weight excluding hydrogens is 211 g/mol. The minimum atomic E-state index is -2.10. The number of alkyl halides is 2. The lowest BCUT2D eigenvalue weighted by Gasteiger charge is -2.16. The first kappa shape index (κ1) is 11.2. The summed E-state index contributed by atoms with van der Waals surface area (Å²) in [7, 11) is 0. The Morgan fingerprint density at radius 2 is 2.50 bits per heavy atom. The van der Waals surface area contributed by atoms with Gasteiger partial charge >= 0.3 is 0 Å². The van der Waals surface area contributed by atoms with Gasteiger partial charge in [0, 0.05) is 12.5 Å². The van der Waals surface area contributed by atoms with E-state index in [2.05, 4.69) is 5.32 Å². The van der Waals surface area contributed by atoms with Crippen molar-refractivity contribution in [1.82, 2.24) is 5.32 Å². The Kier molecular flexibility index (Phi) is 4.11. The van der Waals surface area contributed by atoms with Gasteiger partial charge in [0.1, 0.15) is 6.04 Å². The normalized spacial score (nSPS) is 25.1. The van der Waals surface area contributed by atoms with Gasteiger partial charge in [-0.1, -0.05) is 11.6 Å². The number of ether oxygens (including phenoxy) is 1. The minimum Gasteiger partial charge on any atom is -0.381 e. The third-order valence-electron chi connectivity index (χ3n) is 2.07. The fraction of sp³-hybridized carbons (Fsp3) is 0.750. The lowest BCUT2D eigenvalue weighted by molar-refractivity contribution is -0.124. The molecule has 0 aromatic heterocycles. The third kappa shape index (κ3) is 2.82. The molecule has 0 bridgehead atoms. The summed E-state index contributed by atoms with van der Waals surface area (Å²) in [5.41, 5.74) is -2.10. The number of carbonyl (C=O) groups excluding carboxylic acids is 1. The Hall–Kier alpha value is -0.860. The molecular formula is C8H10ClFN2O2. The highest BCUT2D eigenvalue weighted by atomic mass is 35.5. The molecule has 3 unspecified atom stereocenters. The quantitative estimate of drug-likeness (QED) is 0.708. The molecule has 1 amide bonds. The first-order chi connectivity index (χ1) is 6.65. The summed E-state index contributed by atoms with van der Waals surface area (Å²) in [4.78, 5) is 10.9. The van der Waals surface area contributed by atoms with Crippen LogP contribution in [-0.4, -0.2) is 30.8 Å². The zero-order chi connectivity index (χ0) is 10.6. The number of nitrogens with zero attached hydrogens (tertiary/aromatic N) is 1. The minimum absolute atomic E-state index is 0.0700. The van der Waals surface area contributed by atoms with E-state index in [9.17, 15) is 9.18 Å². The van der Waals surface area contributed by atoms with Crippen molar-refractivity contribution in [3.8, 4) is 6.07 Å². The highest BCUT2D eigenvalue weighted by molar-refractivity contribution is 6.29. The van der Waals surface area contributed by atoms with E-state index in [0.29, 0.717) is 19.6 Å². The largest absolute Gasteiger partial charge is 0.381 e. The van der Waals surface area contributed by atoms with E-state index >= 15 is 0 Å². The Balaban J connectivity index is 2.47. The van der Waals surface area contributed by atoms with Crippen LogP contribution >= 0.6 is 11.6 Å². The van der Waals surface area contributed by atoms with E-state index in [1.165, 1.54) is 0 Å². The van der Waals surface area contributed by atoms with Crippen LogP contribution in [0, 0.1) is 17.2 Å². The van der Waals surface area contributed by atoms with Crippen LogP contribution in [0.1, 0.15) is 6.42 Å². The van der Waals surface area contributed by atoms with Gasteiger partial charge in [-0.3, -0.25) is 4.79 Å². The lowest BCUT2D eigenvalue weighted by Crippen LogP contribution is -2.42. The lowest BCUT2D eigenvalue weighted by atomic mass is 10.0. The molecule has 1 fully saturated rings. The smallest absolute Gasteiger partial charge is 0.271 e. The van der Waals surface area contributed by atoms with Crippen LogP contribution in [-0.2, 0) is 9.53 Å². The molecule has 3 atom stereocenters. The second kappa shape index (κ2) is 5.13. The van der Waals surface area contributed by atoms with E-state index in [-0.39, 0.29) is 5.92 Å². The molecule has 1 saturated heterocycles. The highest BCUT2D eigenvalue weighted by Crippen LogP contribution is 2.16. The number of nitriles is 1. The standard InChI is InChI=1S/C8H10ClFN2O2/c9-7(10)8(13)12-6(3-11)5-1-2-14-4-5/h5-7H,1-2,4H2,(H,12,13). The second-order valence-corrected chi connectivity index (χ2v) is 3.42. The van der Waals surface area contributed by atoms with Gasteiger partial charge in [0.05, 0.1) is 12.7 Å². The predicted molar refractivity (Wildman–Crippen MR) is 47.2 cm³/mol. The fourth-order valence-electron chi connectivity index (χ4n) is 1.29. The molecule has 6 heteroatoms. The third-order valence-corrected chi connectivity index (χ3v) is 2.27. The average molecular weight is 221 g/mol. The van der Waals surface area contributed by atoms with Crippen LogP contribution in [0.2, 0.25) is 0 Å². The maximum Gasteiger partial charge on any atom is 0.271 e. The van der Waals surface area contributed by atoms with Gasteiger partial charge in [-0.05, 0) is 6.42 Å². The zero-order valence-corrected chi connectivity index (χ0v) is 8.13. The first-order valence-electron chi connectivity index (χ1n) is 4.21. The van der Waals surface area contributed by atoms with Crippen LogP contribution in [0.3, 0.4) is 0 Å². The van der Waals surface area contributed by atoms with Gasteiger partial charge in [0.25, 0.3) is 11.5 Å². The molecule has 0 aromatic carbocycles. The monoisotopic (exact) mass is 220 g/mol. The topological polar surface area (TPSA) is 62.1 Å². The molecule has 14 heavy (non-hydrogen) atoms. The van der Waals surface area contributed by atoms with Crippen LogP contribution < -0.4 is 5.32 Å². The van der Waals surface area contributed by atoms with Crippen molar-refractivity contribution in [1.29, 1.82) is 5.26 Å². The maximum absolute atomic E-state index is 12.3. The number of amides is 1. The van der Waals surface area contributed by atoms with Gasteiger partial charge in [0.2, 0.25) is 0 Å². The number of carbonyl (C=O) groups is 1. The molecule has 1 aliphatic rings. The number of hydrogen-bond donors (Lipinski definition) is 1. The van der Waals surface area contributed by atoms with Crippen LogP contribution in [0.5, 0.6) is 0 Å². The summed E-state index contributed by atoms with van der Waals surface area (Å²) >= 11 is 4.92. The molecule has 0 saturated carbocycles. The summed E-state index contributed by atoms with van der Waals surface area (Å²) in [6, 6.07) is 1.17. The van der Waals surface area contributed by atoms with E-state index in [4.69, 9.17) is 21.6 Å². The van der Waals surface area contributed by atoms with E-state index < -0.39 is 17.6 Å². The summed E-state index contributed by atoms with van der Waals surface area (Å²) in [6.45, 7) is 0.983. The molecule has 0 aromatic rings. The Labute approximate surface area is 86.0 Å². The molecule has 1 N–H and O–H groups in total. The number of rotatable bonds is 3. The van der Waals surface area contributed by atoms with Crippen molar-refractivity contribution < 1.29 is 13.9 Å². The van der Waals surface area contributed by atoms with Crippen LogP contribution in [0.15, 0.2) is 0 Å². The zero-order valence-electron chi connectivity index (χ0n) is 7.37. The number of nitrogens with one attached hydrogen (secondary N) is 1. The first-order valence-corrected chi connectivity index (χ1v) is 4.64. The Morgan fingerprint density at radius 3 is 2.93 bits per heavy atom. The molecule has 4 nitrogen and oxygen atoms in total. The molecule has 1 heterocycles. The molecule has 0 radical (unpaired) electrons. The average Bonchev–Trinajstić information content (AvgIpc) is 2.66. The van der Waals surface area contributed by atoms with Crippen LogP contribution in [0.25, 0.3) is 0 Å². The van der Waals surface area contributed by atoms with Gasteiger partial charge in [-0.25, -0.2) is 4.39 Å². The molecule has 78 valence electrons. The molecule has 1 rings (SSSR count). The summed E-state index contributed by atoms with van der Waals surface area (Å²) in [6.07, 6.45) is 0.692. The number of hydrogen-bond acceptors (Lipinski definition) is 3. The van der Waals surface area contributed by atoms with Crippen molar-refractivity contribution in [2.24, 2.45) is 5.92 Å².